The zero-order valence-corrected chi connectivity index (χ0v) is 13.4. The molecular formula is C17H14ClN5O. The van der Waals surface area contributed by atoms with Crippen molar-refractivity contribution in [1.29, 1.82) is 0 Å². The number of hydrogen-bond acceptors (Lipinski definition) is 5. The number of carbonyl (C=O) groups excluding carboxylic acids is 1. The molecule has 0 unspecified atom stereocenters. The molecule has 0 aliphatic heterocycles. The third-order valence-electron chi connectivity index (χ3n) is 3.16. The summed E-state index contributed by atoms with van der Waals surface area (Å²) in [4.78, 5) is 24.5. The van der Waals surface area contributed by atoms with Crippen LogP contribution in [0.5, 0.6) is 0 Å². The van der Waals surface area contributed by atoms with E-state index in [-0.39, 0.29) is 11.6 Å². The van der Waals surface area contributed by atoms with Crippen molar-refractivity contribution in [2.75, 3.05) is 5.32 Å². The van der Waals surface area contributed by atoms with Gasteiger partial charge in [0, 0.05) is 35.8 Å². The van der Waals surface area contributed by atoms with Gasteiger partial charge in [0.2, 0.25) is 5.95 Å². The molecule has 2 heterocycles. The lowest BCUT2D eigenvalue weighted by Crippen LogP contribution is -2.24. The Hall–Kier alpha value is -2.99. The molecule has 1 amide bonds. The fourth-order valence-corrected chi connectivity index (χ4v) is 2.11. The first-order valence-corrected chi connectivity index (χ1v) is 7.61. The van der Waals surface area contributed by atoms with Crippen molar-refractivity contribution in [2.45, 2.75) is 6.54 Å². The number of carbonyl (C=O) groups is 1. The molecule has 120 valence electrons. The third-order valence-corrected chi connectivity index (χ3v) is 3.42. The molecule has 0 aliphatic carbocycles. The zero-order chi connectivity index (χ0) is 16.8. The zero-order valence-electron chi connectivity index (χ0n) is 12.6. The topological polar surface area (TPSA) is 79.8 Å². The number of benzene rings is 1. The molecule has 0 spiro atoms. The molecule has 7 heteroatoms. The van der Waals surface area contributed by atoms with Crippen LogP contribution in [0.3, 0.4) is 0 Å². The molecule has 0 radical (unpaired) electrons. The van der Waals surface area contributed by atoms with Crippen LogP contribution in [0, 0.1) is 0 Å². The van der Waals surface area contributed by atoms with Gasteiger partial charge in [0.15, 0.2) is 0 Å². The summed E-state index contributed by atoms with van der Waals surface area (Å²) in [6.45, 7) is 0.386. The monoisotopic (exact) mass is 339 g/mol. The SMILES string of the molecule is O=C(NCc1cccnc1)c1ccnc(Nc2ccc(Cl)cc2)n1. The molecular weight excluding hydrogens is 326 g/mol. The standard InChI is InChI=1S/C17H14ClN5O/c18-13-3-5-14(6-4-13)22-17-20-9-7-15(23-17)16(24)21-11-12-2-1-8-19-10-12/h1-10H,11H2,(H,21,24)(H,20,22,23). The minimum Gasteiger partial charge on any atom is -0.347 e. The van der Waals surface area contributed by atoms with E-state index in [1.807, 2.05) is 12.1 Å². The van der Waals surface area contributed by atoms with Crippen LogP contribution in [0.25, 0.3) is 0 Å². The molecule has 0 fully saturated rings. The third kappa shape index (κ3) is 4.27. The van der Waals surface area contributed by atoms with E-state index in [2.05, 4.69) is 25.6 Å². The first kappa shape index (κ1) is 15.9. The number of pyridine rings is 1. The number of nitrogens with one attached hydrogen (secondary N) is 2. The Balaban J connectivity index is 1.65. The van der Waals surface area contributed by atoms with Gasteiger partial charge in [-0.05, 0) is 42.0 Å². The van der Waals surface area contributed by atoms with Crippen LogP contribution < -0.4 is 10.6 Å². The van der Waals surface area contributed by atoms with E-state index in [1.165, 1.54) is 6.20 Å². The Morgan fingerprint density at radius 2 is 1.92 bits per heavy atom. The Bertz CT molecular complexity index is 824. The van der Waals surface area contributed by atoms with Gasteiger partial charge in [-0.3, -0.25) is 9.78 Å². The average molecular weight is 340 g/mol. The molecule has 6 nitrogen and oxygen atoms in total. The number of nitrogens with zero attached hydrogens (tertiary/aromatic N) is 3. The van der Waals surface area contributed by atoms with Gasteiger partial charge in [-0.15, -0.1) is 0 Å². The molecule has 0 saturated heterocycles. The van der Waals surface area contributed by atoms with Gasteiger partial charge in [0.1, 0.15) is 5.69 Å². The number of anilines is 2. The minimum absolute atomic E-state index is 0.277. The summed E-state index contributed by atoms with van der Waals surface area (Å²) in [6, 6.07) is 12.4. The fourth-order valence-electron chi connectivity index (χ4n) is 1.98. The summed E-state index contributed by atoms with van der Waals surface area (Å²) in [7, 11) is 0. The maximum Gasteiger partial charge on any atom is 0.270 e. The molecule has 24 heavy (non-hydrogen) atoms. The van der Waals surface area contributed by atoms with Gasteiger partial charge < -0.3 is 10.6 Å². The molecule has 2 aromatic heterocycles. The van der Waals surface area contributed by atoms with E-state index in [0.717, 1.165) is 11.3 Å². The second kappa shape index (κ2) is 7.52. The van der Waals surface area contributed by atoms with E-state index in [0.29, 0.717) is 17.5 Å². The molecule has 0 atom stereocenters. The van der Waals surface area contributed by atoms with E-state index in [1.54, 1.807) is 42.7 Å². The molecule has 1 aromatic carbocycles. The number of hydrogen-bond donors (Lipinski definition) is 2. The Morgan fingerprint density at radius 1 is 1.08 bits per heavy atom. The smallest absolute Gasteiger partial charge is 0.270 e. The normalized spacial score (nSPS) is 10.2. The minimum atomic E-state index is -0.277. The Labute approximate surface area is 143 Å². The summed E-state index contributed by atoms with van der Waals surface area (Å²) >= 11 is 5.85. The molecule has 0 saturated carbocycles. The highest BCUT2D eigenvalue weighted by molar-refractivity contribution is 6.30. The number of amides is 1. The first-order valence-electron chi connectivity index (χ1n) is 7.23. The first-order chi connectivity index (χ1) is 11.7. The predicted molar refractivity (Wildman–Crippen MR) is 92.2 cm³/mol. The van der Waals surface area contributed by atoms with E-state index in [9.17, 15) is 4.79 Å². The van der Waals surface area contributed by atoms with Gasteiger partial charge >= 0.3 is 0 Å². The van der Waals surface area contributed by atoms with Crippen LogP contribution in [-0.2, 0) is 6.54 Å². The number of rotatable bonds is 5. The number of halogens is 1. The van der Waals surface area contributed by atoms with E-state index in [4.69, 9.17) is 11.6 Å². The fraction of sp³-hybridized carbons (Fsp3) is 0.0588. The van der Waals surface area contributed by atoms with Crippen molar-refractivity contribution in [1.82, 2.24) is 20.3 Å². The maximum atomic E-state index is 12.2. The number of aromatic nitrogens is 3. The predicted octanol–water partition coefficient (Wildman–Crippen LogP) is 3.20. The Morgan fingerprint density at radius 3 is 2.67 bits per heavy atom. The molecule has 3 rings (SSSR count). The average Bonchev–Trinajstić information content (AvgIpc) is 2.63. The Kier molecular flexibility index (Phi) is 4.98. The molecule has 0 aliphatic rings. The second-order valence-corrected chi connectivity index (χ2v) is 5.38. The van der Waals surface area contributed by atoms with Crippen LogP contribution in [0.4, 0.5) is 11.6 Å². The lowest BCUT2D eigenvalue weighted by Gasteiger charge is -2.07. The molecule has 3 aromatic rings. The molecule has 2 N–H and O–H groups in total. The van der Waals surface area contributed by atoms with Gasteiger partial charge in [-0.1, -0.05) is 17.7 Å². The van der Waals surface area contributed by atoms with Crippen molar-refractivity contribution in [2.24, 2.45) is 0 Å². The van der Waals surface area contributed by atoms with Crippen LogP contribution in [0.15, 0.2) is 61.1 Å². The lowest BCUT2D eigenvalue weighted by molar-refractivity contribution is 0.0946. The summed E-state index contributed by atoms with van der Waals surface area (Å²) in [5.41, 5.74) is 1.98. The van der Waals surface area contributed by atoms with Gasteiger partial charge in [0.25, 0.3) is 5.91 Å². The van der Waals surface area contributed by atoms with Crippen LogP contribution >= 0.6 is 11.6 Å². The van der Waals surface area contributed by atoms with Crippen molar-refractivity contribution >= 4 is 29.1 Å². The quantitative estimate of drug-likeness (QED) is 0.746. The van der Waals surface area contributed by atoms with Crippen LogP contribution in [0.1, 0.15) is 16.1 Å². The highest BCUT2D eigenvalue weighted by Gasteiger charge is 2.09. The lowest BCUT2D eigenvalue weighted by atomic mass is 10.3. The largest absolute Gasteiger partial charge is 0.347 e. The summed E-state index contributed by atoms with van der Waals surface area (Å²) in [6.07, 6.45) is 4.92. The van der Waals surface area contributed by atoms with Crippen molar-refractivity contribution in [3.05, 3.63) is 77.3 Å². The second-order valence-electron chi connectivity index (χ2n) is 4.94. The maximum absolute atomic E-state index is 12.2. The highest BCUT2D eigenvalue weighted by Crippen LogP contribution is 2.16. The van der Waals surface area contributed by atoms with Crippen LogP contribution in [-0.4, -0.2) is 20.9 Å². The highest BCUT2D eigenvalue weighted by atomic mass is 35.5. The van der Waals surface area contributed by atoms with E-state index >= 15 is 0 Å². The van der Waals surface area contributed by atoms with E-state index < -0.39 is 0 Å². The van der Waals surface area contributed by atoms with Crippen molar-refractivity contribution in [3.8, 4) is 0 Å². The summed E-state index contributed by atoms with van der Waals surface area (Å²) < 4.78 is 0. The van der Waals surface area contributed by atoms with Crippen LogP contribution in [0.2, 0.25) is 5.02 Å². The van der Waals surface area contributed by atoms with Gasteiger partial charge in [0.05, 0.1) is 0 Å². The summed E-state index contributed by atoms with van der Waals surface area (Å²) in [5.74, 6) is 0.0618. The van der Waals surface area contributed by atoms with Crippen molar-refractivity contribution in [3.63, 3.8) is 0 Å². The van der Waals surface area contributed by atoms with Gasteiger partial charge in [-0.25, -0.2) is 9.97 Å². The van der Waals surface area contributed by atoms with Crippen molar-refractivity contribution < 1.29 is 4.79 Å². The summed E-state index contributed by atoms with van der Waals surface area (Å²) in [5, 5.41) is 6.47. The van der Waals surface area contributed by atoms with Gasteiger partial charge in [-0.2, -0.15) is 0 Å². The molecule has 0 bridgehead atoms.